The van der Waals surface area contributed by atoms with Crippen LogP contribution >= 0.6 is 11.6 Å². The van der Waals surface area contributed by atoms with Crippen LogP contribution in [0.5, 0.6) is 0 Å². The molecule has 1 aliphatic rings. The van der Waals surface area contributed by atoms with E-state index in [0.717, 1.165) is 12.1 Å². The molecule has 1 unspecified atom stereocenters. The summed E-state index contributed by atoms with van der Waals surface area (Å²) in [5.74, 6) is -0.402. The first kappa shape index (κ1) is 14.7. The van der Waals surface area contributed by atoms with Crippen molar-refractivity contribution in [3.8, 4) is 0 Å². The van der Waals surface area contributed by atoms with Crippen LogP contribution in [0, 0.1) is 5.82 Å². The number of hydrogen-bond donors (Lipinski definition) is 1. The number of aliphatic hydroxyl groups excluding tert-OH is 1. The zero-order valence-electron chi connectivity index (χ0n) is 11.2. The Morgan fingerprint density at radius 2 is 2.26 bits per heavy atom. The monoisotopic (exact) mass is 287 g/mol. The first-order valence-electron chi connectivity index (χ1n) is 6.34. The van der Waals surface area contributed by atoms with Gasteiger partial charge in [0.2, 0.25) is 0 Å². The molecule has 1 heterocycles. The highest BCUT2D eigenvalue weighted by atomic mass is 35.5. The van der Waals surface area contributed by atoms with Crippen molar-refractivity contribution in [3.05, 3.63) is 34.6 Å². The zero-order valence-corrected chi connectivity index (χ0v) is 12.0. The van der Waals surface area contributed by atoms with Gasteiger partial charge in [0.1, 0.15) is 5.82 Å². The molecule has 0 aromatic heterocycles. The normalized spacial score (nSPS) is 23.5. The summed E-state index contributed by atoms with van der Waals surface area (Å²) < 4.78 is 18.9. The fourth-order valence-electron chi connectivity index (χ4n) is 2.53. The van der Waals surface area contributed by atoms with Crippen molar-refractivity contribution in [1.29, 1.82) is 0 Å². The SMILES string of the molecule is CC1(C)CN(Cc2ccc(F)c(Cl)c2)CC(CO)O1. The molecule has 0 aliphatic carbocycles. The van der Waals surface area contributed by atoms with Gasteiger partial charge in [-0.25, -0.2) is 4.39 Å². The predicted molar refractivity (Wildman–Crippen MR) is 72.7 cm³/mol. The molecule has 0 saturated carbocycles. The number of nitrogens with zero attached hydrogens (tertiary/aromatic N) is 1. The molecule has 0 spiro atoms. The number of halogens is 2. The molecule has 1 N–H and O–H groups in total. The van der Waals surface area contributed by atoms with Crippen molar-refractivity contribution >= 4 is 11.6 Å². The topological polar surface area (TPSA) is 32.7 Å². The number of hydrogen-bond acceptors (Lipinski definition) is 3. The number of ether oxygens (including phenoxy) is 1. The van der Waals surface area contributed by atoms with Crippen molar-refractivity contribution < 1.29 is 14.2 Å². The van der Waals surface area contributed by atoms with Crippen LogP contribution in [0.1, 0.15) is 19.4 Å². The fourth-order valence-corrected chi connectivity index (χ4v) is 2.73. The van der Waals surface area contributed by atoms with Crippen molar-refractivity contribution in [2.75, 3.05) is 19.7 Å². The van der Waals surface area contributed by atoms with Gasteiger partial charge in [0.25, 0.3) is 0 Å². The molecule has 5 heteroatoms. The second-order valence-electron chi connectivity index (χ2n) is 5.60. The molecule has 3 nitrogen and oxygen atoms in total. The molecule has 1 aromatic carbocycles. The Morgan fingerprint density at radius 1 is 1.53 bits per heavy atom. The standard InChI is InChI=1S/C14H19ClFNO2/c1-14(2)9-17(7-11(8-18)19-14)6-10-3-4-13(16)12(15)5-10/h3-5,11,18H,6-9H2,1-2H3. The van der Waals surface area contributed by atoms with E-state index in [1.165, 1.54) is 6.07 Å². The summed E-state index contributed by atoms with van der Waals surface area (Å²) >= 11 is 5.79. The van der Waals surface area contributed by atoms with Crippen LogP contribution in [-0.2, 0) is 11.3 Å². The third-order valence-corrected chi connectivity index (χ3v) is 3.44. The average Bonchev–Trinajstić information content (AvgIpc) is 2.32. The third kappa shape index (κ3) is 3.89. The molecule has 2 rings (SSSR count). The Morgan fingerprint density at radius 3 is 2.89 bits per heavy atom. The maximum Gasteiger partial charge on any atom is 0.141 e. The van der Waals surface area contributed by atoms with Crippen LogP contribution in [0.2, 0.25) is 5.02 Å². The van der Waals surface area contributed by atoms with E-state index < -0.39 is 5.82 Å². The smallest absolute Gasteiger partial charge is 0.141 e. The fraction of sp³-hybridized carbons (Fsp3) is 0.571. The molecule has 106 valence electrons. The molecule has 19 heavy (non-hydrogen) atoms. The van der Waals surface area contributed by atoms with Crippen LogP contribution in [-0.4, -0.2) is 41.4 Å². The quantitative estimate of drug-likeness (QED) is 0.927. The highest BCUT2D eigenvalue weighted by Crippen LogP contribution is 2.23. The summed E-state index contributed by atoms with van der Waals surface area (Å²) in [5.41, 5.74) is 0.663. The van der Waals surface area contributed by atoms with Crippen LogP contribution in [0.3, 0.4) is 0 Å². The molecule has 1 aromatic rings. The van der Waals surface area contributed by atoms with E-state index in [2.05, 4.69) is 4.90 Å². The number of rotatable bonds is 3. The Bertz CT molecular complexity index is 453. The van der Waals surface area contributed by atoms with Crippen LogP contribution in [0.25, 0.3) is 0 Å². The van der Waals surface area contributed by atoms with E-state index in [0.29, 0.717) is 13.1 Å². The summed E-state index contributed by atoms with van der Waals surface area (Å²) in [4.78, 5) is 2.19. The minimum Gasteiger partial charge on any atom is -0.394 e. The highest BCUT2D eigenvalue weighted by molar-refractivity contribution is 6.30. The Labute approximate surface area is 117 Å². The second-order valence-corrected chi connectivity index (χ2v) is 6.01. The predicted octanol–water partition coefficient (Wildman–Crippen LogP) is 2.45. The van der Waals surface area contributed by atoms with Gasteiger partial charge in [-0.2, -0.15) is 0 Å². The minimum atomic E-state index is -0.402. The lowest BCUT2D eigenvalue weighted by Crippen LogP contribution is -2.53. The summed E-state index contributed by atoms with van der Waals surface area (Å²) in [7, 11) is 0. The first-order valence-corrected chi connectivity index (χ1v) is 6.72. The Hall–Kier alpha value is -0.680. The Kier molecular flexibility index (Phi) is 4.46. The van der Waals surface area contributed by atoms with Gasteiger partial charge < -0.3 is 9.84 Å². The molecule has 1 fully saturated rings. The molecule has 0 radical (unpaired) electrons. The molecular weight excluding hydrogens is 269 g/mol. The van der Waals surface area contributed by atoms with Gasteiger partial charge in [0.15, 0.2) is 0 Å². The molecule has 1 saturated heterocycles. The lowest BCUT2D eigenvalue weighted by molar-refractivity contribution is -0.150. The van der Waals surface area contributed by atoms with Gasteiger partial charge in [-0.15, -0.1) is 0 Å². The van der Waals surface area contributed by atoms with E-state index in [1.807, 2.05) is 13.8 Å². The third-order valence-electron chi connectivity index (χ3n) is 3.15. The van der Waals surface area contributed by atoms with E-state index in [1.54, 1.807) is 12.1 Å². The van der Waals surface area contributed by atoms with E-state index in [4.69, 9.17) is 16.3 Å². The van der Waals surface area contributed by atoms with Crippen molar-refractivity contribution in [3.63, 3.8) is 0 Å². The summed E-state index contributed by atoms with van der Waals surface area (Å²) in [6, 6.07) is 4.76. The lowest BCUT2D eigenvalue weighted by atomic mass is 10.0. The molecule has 1 atom stereocenters. The maximum atomic E-state index is 13.1. The van der Waals surface area contributed by atoms with Crippen LogP contribution in [0.15, 0.2) is 18.2 Å². The van der Waals surface area contributed by atoms with Gasteiger partial charge in [-0.05, 0) is 31.5 Å². The summed E-state index contributed by atoms with van der Waals surface area (Å²) in [6.45, 7) is 6.10. The van der Waals surface area contributed by atoms with Gasteiger partial charge >= 0.3 is 0 Å². The summed E-state index contributed by atoms with van der Waals surface area (Å²) in [6.07, 6.45) is -0.181. The van der Waals surface area contributed by atoms with E-state index >= 15 is 0 Å². The number of morpholine rings is 1. The van der Waals surface area contributed by atoms with Gasteiger partial charge in [0, 0.05) is 19.6 Å². The lowest BCUT2D eigenvalue weighted by Gasteiger charge is -2.42. The van der Waals surface area contributed by atoms with E-state index in [9.17, 15) is 9.50 Å². The van der Waals surface area contributed by atoms with Crippen molar-refractivity contribution in [2.24, 2.45) is 0 Å². The molecule has 1 aliphatic heterocycles. The van der Waals surface area contributed by atoms with Gasteiger partial charge in [-0.1, -0.05) is 17.7 Å². The number of aliphatic hydroxyl groups is 1. The minimum absolute atomic E-state index is 0.00407. The van der Waals surface area contributed by atoms with E-state index in [-0.39, 0.29) is 23.3 Å². The van der Waals surface area contributed by atoms with Crippen LogP contribution < -0.4 is 0 Å². The van der Waals surface area contributed by atoms with Gasteiger partial charge in [0.05, 0.1) is 23.3 Å². The number of benzene rings is 1. The van der Waals surface area contributed by atoms with Crippen LogP contribution in [0.4, 0.5) is 4.39 Å². The zero-order chi connectivity index (χ0) is 14.0. The second kappa shape index (κ2) is 5.75. The highest BCUT2D eigenvalue weighted by Gasteiger charge is 2.32. The maximum absolute atomic E-state index is 13.1. The first-order chi connectivity index (χ1) is 8.89. The molecule has 0 amide bonds. The average molecular weight is 288 g/mol. The Balaban J connectivity index is 2.07. The van der Waals surface area contributed by atoms with Gasteiger partial charge in [-0.3, -0.25) is 4.90 Å². The van der Waals surface area contributed by atoms with Crippen molar-refractivity contribution in [1.82, 2.24) is 4.90 Å². The largest absolute Gasteiger partial charge is 0.394 e. The molecular formula is C14H19ClFNO2. The summed E-state index contributed by atoms with van der Waals surface area (Å²) in [5, 5.41) is 9.41. The van der Waals surface area contributed by atoms with Crippen molar-refractivity contribution in [2.45, 2.75) is 32.1 Å². The molecule has 0 bridgehead atoms.